The van der Waals surface area contributed by atoms with Gasteiger partial charge >= 0.3 is 0 Å². The Kier molecular flexibility index (Phi) is 7.57. The number of methoxy groups -OCH3 is 1. The van der Waals surface area contributed by atoms with Crippen LogP contribution in [0.1, 0.15) is 16.1 Å². The highest BCUT2D eigenvalue weighted by atomic mass is 35.5. The summed E-state index contributed by atoms with van der Waals surface area (Å²) in [7, 11) is 1.65. The summed E-state index contributed by atoms with van der Waals surface area (Å²) in [5, 5.41) is 6.55. The van der Waals surface area contributed by atoms with Crippen molar-refractivity contribution in [3.63, 3.8) is 0 Å². The maximum atomic E-state index is 12.8. The first-order valence-corrected chi connectivity index (χ1v) is 11.1. The Hall–Kier alpha value is -4.10. The average Bonchev–Trinajstić information content (AvgIpc) is 3.38. The van der Waals surface area contributed by atoms with Gasteiger partial charge in [0, 0.05) is 41.1 Å². The molecule has 172 valence electrons. The molecule has 0 spiro atoms. The minimum Gasteiger partial charge on any atom is -0.497 e. The lowest BCUT2D eigenvalue weighted by molar-refractivity contribution is 0.0977. The van der Waals surface area contributed by atoms with E-state index in [2.05, 4.69) is 25.6 Å². The van der Waals surface area contributed by atoms with Crippen molar-refractivity contribution in [2.45, 2.75) is 6.42 Å². The molecule has 34 heavy (non-hydrogen) atoms. The summed E-state index contributed by atoms with van der Waals surface area (Å²) in [6, 6.07) is 22.5. The highest BCUT2D eigenvalue weighted by Crippen LogP contribution is 2.25. The van der Waals surface area contributed by atoms with E-state index >= 15 is 0 Å². The van der Waals surface area contributed by atoms with Gasteiger partial charge in [0.2, 0.25) is 5.96 Å². The van der Waals surface area contributed by atoms with E-state index in [-0.39, 0.29) is 5.91 Å². The van der Waals surface area contributed by atoms with E-state index in [1.807, 2.05) is 48.5 Å². The Bertz CT molecular complexity index is 1270. The van der Waals surface area contributed by atoms with Crippen LogP contribution in [0.3, 0.4) is 0 Å². The smallest absolute Gasteiger partial charge is 0.258 e. The summed E-state index contributed by atoms with van der Waals surface area (Å²) in [5.41, 5.74) is 4.30. The van der Waals surface area contributed by atoms with Crippen LogP contribution in [0, 0.1) is 0 Å². The number of anilines is 1. The number of imidazole rings is 1. The second kappa shape index (κ2) is 11.2. The van der Waals surface area contributed by atoms with Crippen LogP contribution in [0.4, 0.5) is 5.69 Å². The summed E-state index contributed by atoms with van der Waals surface area (Å²) < 4.78 is 5.32. The van der Waals surface area contributed by atoms with Gasteiger partial charge in [0.25, 0.3) is 5.91 Å². The number of nitrogens with one attached hydrogen (secondary N) is 3. The third kappa shape index (κ3) is 6.24. The third-order valence-electron chi connectivity index (χ3n) is 5.08. The number of amides is 1. The topological polar surface area (TPSA) is 91.4 Å². The van der Waals surface area contributed by atoms with E-state index in [9.17, 15) is 4.79 Å². The monoisotopic (exact) mass is 473 g/mol. The van der Waals surface area contributed by atoms with Crippen molar-refractivity contribution < 1.29 is 9.53 Å². The van der Waals surface area contributed by atoms with Crippen LogP contribution in [-0.4, -0.2) is 35.5 Å². The number of aromatic nitrogens is 2. The SMILES string of the molecule is COc1cccc(-c2ccc(NC(=NCCc3cnc[nH]3)NC(=O)c3cccc(Cl)c3)cc2)c1. The number of ether oxygens (including phenoxy) is 1. The molecule has 0 aliphatic heterocycles. The number of carbonyl (C=O) groups is 1. The molecule has 4 rings (SSSR count). The Labute approximate surface area is 202 Å². The molecule has 0 unspecified atom stereocenters. The van der Waals surface area contributed by atoms with Gasteiger partial charge in [0.1, 0.15) is 5.75 Å². The minimum absolute atomic E-state index is 0.303. The summed E-state index contributed by atoms with van der Waals surface area (Å²) in [4.78, 5) is 24.4. The van der Waals surface area contributed by atoms with Crippen molar-refractivity contribution in [2.75, 3.05) is 19.0 Å². The Morgan fingerprint density at radius 2 is 1.88 bits per heavy atom. The van der Waals surface area contributed by atoms with E-state index < -0.39 is 0 Å². The van der Waals surface area contributed by atoms with Gasteiger partial charge < -0.3 is 15.0 Å². The molecule has 0 saturated heterocycles. The average molecular weight is 474 g/mol. The van der Waals surface area contributed by atoms with Crippen LogP contribution in [-0.2, 0) is 6.42 Å². The van der Waals surface area contributed by atoms with Gasteiger partial charge in [-0.3, -0.25) is 15.1 Å². The fraction of sp³-hybridized carbons (Fsp3) is 0.115. The Morgan fingerprint density at radius 3 is 2.62 bits per heavy atom. The van der Waals surface area contributed by atoms with Crippen LogP contribution in [0.2, 0.25) is 5.02 Å². The van der Waals surface area contributed by atoms with Crippen molar-refractivity contribution in [3.05, 3.63) is 102 Å². The number of hydrogen-bond acceptors (Lipinski definition) is 4. The molecule has 3 N–H and O–H groups in total. The number of halogens is 1. The molecular formula is C26H24ClN5O2. The van der Waals surface area contributed by atoms with Crippen LogP contribution in [0.5, 0.6) is 5.75 Å². The van der Waals surface area contributed by atoms with Crippen molar-refractivity contribution in [1.29, 1.82) is 0 Å². The third-order valence-corrected chi connectivity index (χ3v) is 5.31. The van der Waals surface area contributed by atoms with Gasteiger partial charge in [-0.05, 0) is 53.6 Å². The van der Waals surface area contributed by atoms with Crippen molar-refractivity contribution in [2.24, 2.45) is 4.99 Å². The first-order chi connectivity index (χ1) is 16.6. The molecule has 0 bridgehead atoms. The number of hydrogen-bond donors (Lipinski definition) is 3. The Morgan fingerprint density at radius 1 is 1.06 bits per heavy atom. The van der Waals surface area contributed by atoms with Gasteiger partial charge in [-0.15, -0.1) is 0 Å². The molecule has 8 heteroatoms. The highest BCUT2D eigenvalue weighted by Gasteiger charge is 2.10. The largest absolute Gasteiger partial charge is 0.497 e. The molecule has 0 saturated carbocycles. The van der Waals surface area contributed by atoms with Gasteiger partial charge in [-0.1, -0.05) is 41.9 Å². The van der Waals surface area contributed by atoms with Crippen molar-refractivity contribution in [1.82, 2.24) is 15.3 Å². The zero-order valence-corrected chi connectivity index (χ0v) is 19.3. The summed E-state index contributed by atoms with van der Waals surface area (Å²) >= 11 is 6.04. The lowest BCUT2D eigenvalue weighted by Crippen LogP contribution is -2.36. The second-order valence-electron chi connectivity index (χ2n) is 7.46. The molecule has 4 aromatic rings. The molecule has 0 atom stereocenters. The van der Waals surface area contributed by atoms with Crippen LogP contribution < -0.4 is 15.4 Å². The van der Waals surface area contributed by atoms with E-state index in [1.54, 1.807) is 43.9 Å². The van der Waals surface area contributed by atoms with Gasteiger partial charge in [0.05, 0.1) is 13.4 Å². The predicted molar refractivity (Wildman–Crippen MR) is 136 cm³/mol. The second-order valence-corrected chi connectivity index (χ2v) is 7.89. The Balaban J connectivity index is 1.50. The summed E-state index contributed by atoms with van der Waals surface area (Å²) in [6.07, 6.45) is 4.04. The zero-order chi connectivity index (χ0) is 23.8. The fourth-order valence-corrected chi connectivity index (χ4v) is 3.50. The van der Waals surface area contributed by atoms with E-state index in [1.165, 1.54) is 0 Å². The first kappa shape index (κ1) is 23.1. The zero-order valence-electron chi connectivity index (χ0n) is 18.6. The number of H-pyrrole nitrogens is 1. The summed E-state index contributed by atoms with van der Waals surface area (Å²) in [5.74, 6) is 0.844. The molecule has 1 aromatic heterocycles. The van der Waals surface area contributed by atoms with E-state index in [0.29, 0.717) is 29.5 Å². The maximum Gasteiger partial charge on any atom is 0.258 e. The molecule has 1 amide bonds. The molecule has 0 fully saturated rings. The standard InChI is InChI=1S/C26H24ClN5O2/c1-34-24-7-3-4-19(15-24)18-8-10-22(11-9-18)31-26(29-13-12-23-16-28-17-30-23)32-25(33)20-5-2-6-21(27)14-20/h2-11,14-17H,12-13H2,1H3,(H,28,30)(H2,29,31,32,33). The van der Waals surface area contributed by atoms with Gasteiger partial charge in [-0.25, -0.2) is 4.98 Å². The van der Waals surface area contributed by atoms with Crippen LogP contribution in [0.15, 0.2) is 90.3 Å². The van der Waals surface area contributed by atoms with Crippen molar-refractivity contribution in [3.8, 4) is 16.9 Å². The molecular weight excluding hydrogens is 450 g/mol. The van der Waals surface area contributed by atoms with E-state index in [4.69, 9.17) is 16.3 Å². The quantitative estimate of drug-likeness (QED) is 0.255. The molecule has 3 aromatic carbocycles. The number of carbonyl (C=O) groups excluding carboxylic acids is 1. The molecule has 7 nitrogen and oxygen atoms in total. The number of aromatic amines is 1. The van der Waals surface area contributed by atoms with Crippen LogP contribution >= 0.6 is 11.6 Å². The number of guanidine groups is 1. The number of benzene rings is 3. The lowest BCUT2D eigenvalue weighted by Gasteiger charge is -2.13. The maximum absolute atomic E-state index is 12.8. The van der Waals surface area contributed by atoms with Gasteiger partial charge in [0.15, 0.2) is 0 Å². The minimum atomic E-state index is -0.303. The normalized spacial score (nSPS) is 11.2. The van der Waals surface area contributed by atoms with Crippen LogP contribution in [0.25, 0.3) is 11.1 Å². The number of aliphatic imine (C=N–C) groups is 1. The predicted octanol–water partition coefficient (Wildman–Crippen LogP) is 5.18. The number of rotatable bonds is 7. The fourth-order valence-electron chi connectivity index (χ4n) is 3.31. The van der Waals surface area contributed by atoms with E-state index in [0.717, 1.165) is 28.3 Å². The molecule has 0 aliphatic rings. The molecule has 0 radical (unpaired) electrons. The highest BCUT2D eigenvalue weighted by molar-refractivity contribution is 6.31. The van der Waals surface area contributed by atoms with Crippen molar-refractivity contribution >= 4 is 29.2 Å². The number of nitrogens with zero attached hydrogens (tertiary/aromatic N) is 2. The molecule has 0 aliphatic carbocycles. The first-order valence-electron chi connectivity index (χ1n) is 10.7. The lowest BCUT2D eigenvalue weighted by atomic mass is 10.1. The molecule has 1 heterocycles. The van der Waals surface area contributed by atoms with Gasteiger partial charge in [-0.2, -0.15) is 0 Å². The summed E-state index contributed by atoms with van der Waals surface area (Å²) in [6.45, 7) is 0.461.